The van der Waals surface area contributed by atoms with E-state index >= 15 is 0 Å². The van der Waals surface area contributed by atoms with Crippen LogP contribution in [0.15, 0.2) is 64.6 Å². The van der Waals surface area contributed by atoms with Crippen LogP contribution in [0.3, 0.4) is 0 Å². The van der Waals surface area contributed by atoms with E-state index in [1.165, 1.54) is 33.4 Å². The van der Waals surface area contributed by atoms with Crippen LogP contribution in [0.25, 0.3) is 0 Å². The summed E-state index contributed by atoms with van der Waals surface area (Å²) in [7, 11) is 0. The molecule has 0 bridgehead atoms. The van der Waals surface area contributed by atoms with Gasteiger partial charge >= 0.3 is 0 Å². The molecule has 3 aromatic rings. The Morgan fingerprint density at radius 3 is 1.57 bits per heavy atom. The fraction of sp³-hybridized carbons (Fsp3) is 0.222. The number of benzene rings is 3. The van der Waals surface area contributed by atoms with Gasteiger partial charge in [0.15, 0.2) is 0 Å². The summed E-state index contributed by atoms with van der Waals surface area (Å²) in [5.74, 6) is 0. The average Bonchev–Trinajstić information content (AvgIpc) is 2.62. The number of hydrogen-bond donors (Lipinski definition) is 0. The van der Waals surface area contributed by atoms with E-state index in [0.29, 0.717) is 0 Å². The molecule has 0 aliphatic rings. The molecule has 0 aliphatic heterocycles. The first-order valence-electron chi connectivity index (χ1n) is 9.69. The Morgan fingerprint density at radius 1 is 0.667 bits per heavy atom. The normalized spacial score (nSPS) is 11.2. The fourth-order valence-corrected chi connectivity index (χ4v) is 3.75. The first kappa shape index (κ1) is 25.5. The predicted molar refractivity (Wildman–Crippen MR) is 129 cm³/mol. The molecule has 2 nitrogen and oxygen atoms in total. The molecule has 3 heteroatoms. The molecule has 3 rings (SSSR count). The van der Waals surface area contributed by atoms with Crippen molar-refractivity contribution in [1.82, 2.24) is 0 Å². The maximum atomic E-state index is 5.03. The quantitative estimate of drug-likeness (QED) is 0.227. The van der Waals surface area contributed by atoms with Gasteiger partial charge in [0.25, 0.3) is 0 Å². The zero-order valence-electron chi connectivity index (χ0n) is 19.0. The molecule has 0 fully saturated rings. The average molecular weight is 442 g/mol. The van der Waals surface area contributed by atoms with E-state index in [1.807, 2.05) is 24.4 Å². The molecule has 0 aromatic heterocycles. The molecule has 0 N–H and O–H groups in total. The molecule has 0 spiro atoms. The molecule has 3 aromatic carbocycles. The summed E-state index contributed by atoms with van der Waals surface area (Å²) in [5.41, 5.74) is 11.2. The van der Waals surface area contributed by atoms with Gasteiger partial charge in [-0.05, 0) is 63.8 Å². The van der Waals surface area contributed by atoms with Crippen molar-refractivity contribution in [2.45, 2.75) is 41.5 Å². The van der Waals surface area contributed by atoms with Crippen molar-refractivity contribution in [3.63, 3.8) is 0 Å². The van der Waals surface area contributed by atoms with Crippen LogP contribution in [0.4, 0.5) is 11.4 Å². The summed E-state index contributed by atoms with van der Waals surface area (Å²) in [6.45, 7) is 12.7. The molecule has 0 amide bonds. The Kier molecular flexibility index (Phi) is 9.39. The third-order valence-corrected chi connectivity index (χ3v) is 4.89. The summed E-state index contributed by atoms with van der Waals surface area (Å²) in [5, 5.41) is 0. The van der Waals surface area contributed by atoms with Crippen LogP contribution >= 0.6 is 0 Å². The second kappa shape index (κ2) is 11.0. The van der Waals surface area contributed by atoms with E-state index in [2.05, 4.69) is 77.9 Å². The third kappa shape index (κ3) is 6.00. The van der Waals surface area contributed by atoms with Crippen molar-refractivity contribution in [3.8, 4) is 0 Å². The summed E-state index contributed by atoms with van der Waals surface area (Å²) >= 11 is 0. The molecule has 0 unspecified atom stereocenters. The number of hydrogen-bond acceptors (Lipinski definition) is 2. The number of rotatable bonds is 4. The molecule has 0 aliphatic carbocycles. The Labute approximate surface area is 192 Å². The van der Waals surface area contributed by atoms with Gasteiger partial charge in [-0.2, -0.15) is 0 Å². The summed E-state index contributed by atoms with van der Waals surface area (Å²) in [6.07, 6.45) is 1.90. The minimum Gasteiger partial charge on any atom is -0.358 e. The second-order valence-electron chi connectivity index (χ2n) is 7.62. The molecule has 0 radical (unpaired) electrons. The molecule has 0 saturated carbocycles. The number of aliphatic imine (C=N–C) groups is 2. The molecule has 0 atom stereocenters. The van der Waals surface area contributed by atoms with Gasteiger partial charge in [-0.3, -0.25) is 4.99 Å². The molecule has 160 valence electrons. The van der Waals surface area contributed by atoms with Gasteiger partial charge < -0.3 is 7.43 Å². The van der Waals surface area contributed by atoms with E-state index in [1.54, 1.807) is 0 Å². The van der Waals surface area contributed by atoms with E-state index in [0.717, 1.165) is 22.6 Å². The van der Waals surface area contributed by atoms with Gasteiger partial charge in [-0.25, -0.2) is 4.99 Å². The second-order valence-corrected chi connectivity index (χ2v) is 7.62. The minimum absolute atomic E-state index is 0. The van der Waals surface area contributed by atoms with Crippen LogP contribution in [0.1, 0.15) is 38.9 Å². The zero-order valence-corrected chi connectivity index (χ0v) is 20.0. The van der Waals surface area contributed by atoms with Crippen molar-refractivity contribution >= 4 is 23.3 Å². The molecule has 0 heterocycles. The van der Waals surface area contributed by atoms with Crippen LogP contribution in [0.2, 0.25) is 0 Å². The Hall–Kier alpha value is -2.51. The number of aryl methyl sites for hydroxylation is 6. The zero-order chi connectivity index (χ0) is 20.3. The van der Waals surface area contributed by atoms with Crippen LogP contribution in [-0.2, 0) is 16.5 Å². The van der Waals surface area contributed by atoms with Gasteiger partial charge in [0.05, 0.1) is 23.3 Å². The minimum atomic E-state index is 0. The maximum absolute atomic E-state index is 5.03. The predicted octanol–water partition coefficient (Wildman–Crippen LogP) is 7.51. The van der Waals surface area contributed by atoms with Crippen LogP contribution in [0.5, 0.6) is 0 Å². The molecular weight excluding hydrogens is 411 g/mol. The van der Waals surface area contributed by atoms with Crippen molar-refractivity contribution in [2.24, 2.45) is 9.98 Å². The Morgan fingerprint density at radius 2 is 1.10 bits per heavy atom. The van der Waals surface area contributed by atoms with Gasteiger partial charge in [-0.15, -0.1) is 0 Å². The van der Waals surface area contributed by atoms with Crippen LogP contribution in [0, 0.1) is 49.0 Å². The van der Waals surface area contributed by atoms with E-state index in [4.69, 9.17) is 9.98 Å². The standard InChI is InChI=1S/C26H28N2.CH3.Ni/c1-17-12-19(3)25(20(4)13-17)27-16-24(23-10-8-7-9-11-23)28-26-21(5)14-18(2)15-22(26)6;;/h7-16H,1-6H3;1H3;/q;-1;. The largest absolute Gasteiger partial charge is 0.358 e. The first-order valence-corrected chi connectivity index (χ1v) is 9.69. The Balaban J connectivity index is 0.00000225. The van der Waals surface area contributed by atoms with Crippen molar-refractivity contribution < 1.29 is 16.5 Å². The number of nitrogens with zero attached hydrogens (tertiary/aromatic N) is 2. The van der Waals surface area contributed by atoms with Crippen LogP contribution in [-0.4, -0.2) is 11.9 Å². The fourth-order valence-electron chi connectivity index (χ4n) is 3.75. The maximum Gasteiger partial charge on any atom is 0.0892 e. The smallest absolute Gasteiger partial charge is 0.0892 e. The van der Waals surface area contributed by atoms with Gasteiger partial charge in [0.1, 0.15) is 0 Å². The SMILES string of the molecule is Cc1cc(C)c(N=CC(=Nc2c(C)cc(C)cc2C)c2ccccc2)c(C)c1.[CH3-].[Ni]. The Bertz CT molecular complexity index is 1020. The summed E-state index contributed by atoms with van der Waals surface area (Å²) in [6, 6.07) is 19.0. The molecular formula is C27H31N2Ni-. The topological polar surface area (TPSA) is 24.7 Å². The van der Waals surface area contributed by atoms with E-state index in [9.17, 15) is 0 Å². The first-order chi connectivity index (χ1) is 13.3. The van der Waals surface area contributed by atoms with Crippen molar-refractivity contribution in [3.05, 3.63) is 101 Å². The monoisotopic (exact) mass is 441 g/mol. The summed E-state index contributed by atoms with van der Waals surface area (Å²) in [4.78, 5) is 9.87. The van der Waals surface area contributed by atoms with Gasteiger partial charge in [-0.1, -0.05) is 65.7 Å². The van der Waals surface area contributed by atoms with E-state index in [-0.39, 0.29) is 23.9 Å². The van der Waals surface area contributed by atoms with Crippen molar-refractivity contribution in [2.75, 3.05) is 0 Å². The third-order valence-electron chi connectivity index (χ3n) is 4.89. The van der Waals surface area contributed by atoms with Gasteiger partial charge in [0.2, 0.25) is 0 Å². The molecule has 30 heavy (non-hydrogen) atoms. The van der Waals surface area contributed by atoms with Gasteiger partial charge in [0, 0.05) is 22.1 Å². The molecule has 0 saturated heterocycles. The van der Waals surface area contributed by atoms with E-state index < -0.39 is 0 Å². The van der Waals surface area contributed by atoms with Crippen molar-refractivity contribution in [1.29, 1.82) is 0 Å². The summed E-state index contributed by atoms with van der Waals surface area (Å²) < 4.78 is 0. The van der Waals surface area contributed by atoms with Crippen LogP contribution < -0.4 is 0 Å².